The smallest absolute Gasteiger partial charge is 0.373 e. The normalized spacial score (nSPS) is 15.1. The maximum absolute atomic E-state index is 11.8. The van der Waals surface area contributed by atoms with Crippen molar-refractivity contribution in [2.24, 2.45) is 0 Å². The highest BCUT2D eigenvalue weighted by Gasteiger charge is 2.27. The van der Waals surface area contributed by atoms with Gasteiger partial charge >= 0.3 is 11.6 Å². The van der Waals surface area contributed by atoms with E-state index in [0.717, 1.165) is 36.5 Å². The van der Waals surface area contributed by atoms with Gasteiger partial charge < -0.3 is 10.1 Å². The van der Waals surface area contributed by atoms with Gasteiger partial charge in [0.05, 0.1) is 4.92 Å². The van der Waals surface area contributed by atoms with Gasteiger partial charge in [0.2, 0.25) is 5.82 Å². The van der Waals surface area contributed by atoms with Gasteiger partial charge in [0.25, 0.3) is 0 Å². The molecule has 1 fully saturated rings. The largest absolute Gasteiger partial charge is 0.434 e. The quantitative estimate of drug-likeness (QED) is 0.360. The molecule has 0 bridgehead atoms. The van der Waals surface area contributed by atoms with Crippen LogP contribution in [0.2, 0.25) is 0 Å². The summed E-state index contributed by atoms with van der Waals surface area (Å²) < 4.78 is 5.80. The average Bonchev–Trinajstić information content (AvgIpc) is 2.96. The van der Waals surface area contributed by atoms with Crippen LogP contribution in [0, 0.1) is 10.1 Å². The molecular formula is C21H22N4O3. The van der Waals surface area contributed by atoms with Crippen LogP contribution in [0.15, 0.2) is 48.8 Å². The molecule has 1 aliphatic rings. The van der Waals surface area contributed by atoms with Gasteiger partial charge in [0.1, 0.15) is 12.1 Å². The minimum atomic E-state index is -0.477. The topological polar surface area (TPSA) is 90.2 Å². The summed E-state index contributed by atoms with van der Waals surface area (Å²) in [5, 5.41) is 17.1. The number of benzene rings is 2. The van der Waals surface area contributed by atoms with Crippen molar-refractivity contribution in [3.63, 3.8) is 0 Å². The number of rotatable bonds is 5. The Morgan fingerprint density at radius 3 is 2.50 bits per heavy atom. The van der Waals surface area contributed by atoms with Crippen molar-refractivity contribution >= 4 is 22.3 Å². The summed E-state index contributed by atoms with van der Waals surface area (Å²) in [6.45, 7) is 0. The SMILES string of the molecule is O=[N+]([O-])c1c(NC2CCCCCC2)ncnc1Oc1ccc2ccccc2c1. The van der Waals surface area contributed by atoms with Crippen molar-refractivity contribution < 1.29 is 9.66 Å². The number of nitro groups is 1. The van der Waals surface area contributed by atoms with Gasteiger partial charge in [-0.15, -0.1) is 0 Å². The number of hydrogen-bond acceptors (Lipinski definition) is 6. The first-order valence-electron chi connectivity index (χ1n) is 9.63. The Labute approximate surface area is 162 Å². The summed E-state index contributed by atoms with van der Waals surface area (Å²) in [6, 6.07) is 13.6. The summed E-state index contributed by atoms with van der Waals surface area (Å²) in [5.74, 6) is 0.676. The maximum Gasteiger partial charge on any atom is 0.373 e. The van der Waals surface area contributed by atoms with E-state index in [9.17, 15) is 10.1 Å². The second-order valence-electron chi connectivity index (χ2n) is 7.08. The van der Waals surface area contributed by atoms with E-state index in [0.29, 0.717) is 5.75 Å². The van der Waals surface area contributed by atoms with Crippen LogP contribution in [0.4, 0.5) is 11.5 Å². The van der Waals surface area contributed by atoms with E-state index in [-0.39, 0.29) is 23.4 Å². The molecule has 1 heterocycles. The Morgan fingerprint density at radius 2 is 1.75 bits per heavy atom. The Bertz CT molecular complexity index is 984. The lowest BCUT2D eigenvalue weighted by atomic mass is 10.1. The number of aromatic nitrogens is 2. The van der Waals surface area contributed by atoms with E-state index in [2.05, 4.69) is 15.3 Å². The molecule has 0 atom stereocenters. The van der Waals surface area contributed by atoms with Crippen LogP contribution in [0.5, 0.6) is 11.6 Å². The fourth-order valence-corrected chi connectivity index (χ4v) is 3.67. The van der Waals surface area contributed by atoms with E-state index < -0.39 is 4.92 Å². The Hall–Kier alpha value is -3.22. The molecule has 0 saturated heterocycles. The first-order valence-corrected chi connectivity index (χ1v) is 9.63. The van der Waals surface area contributed by atoms with Crippen LogP contribution in [-0.4, -0.2) is 20.9 Å². The van der Waals surface area contributed by atoms with E-state index in [1.165, 1.54) is 19.2 Å². The second kappa shape index (κ2) is 8.21. The molecule has 1 aromatic heterocycles. The van der Waals surface area contributed by atoms with Crippen LogP contribution >= 0.6 is 0 Å². The Balaban J connectivity index is 1.63. The molecule has 7 nitrogen and oxygen atoms in total. The van der Waals surface area contributed by atoms with Gasteiger partial charge in [-0.05, 0) is 35.7 Å². The highest BCUT2D eigenvalue weighted by atomic mass is 16.6. The lowest BCUT2D eigenvalue weighted by Crippen LogP contribution is -2.20. The fraction of sp³-hybridized carbons (Fsp3) is 0.333. The van der Waals surface area contributed by atoms with Gasteiger partial charge in [-0.1, -0.05) is 56.0 Å². The molecule has 3 aromatic rings. The molecule has 0 radical (unpaired) electrons. The molecule has 28 heavy (non-hydrogen) atoms. The predicted molar refractivity (Wildman–Crippen MR) is 108 cm³/mol. The summed E-state index contributed by atoms with van der Waals surface area (Å²) in [4.78, 5) is 19.4. The zero-order valence-electron chi connectivity index (χ0n) is 15.5. The minimum absolute atomic E-state index is 0.0496. The predicted octanol–water partition coefficient (Wildman–Crippen LogP) is 5.47. The highest BCUT2D eigenvalue weighted by Crippen LogP contribution is 2.36. The third-order valence-electron chi connectivity index (χ3n) is 5.10. The van der Waals surface area contributed by atoms with E-state index in [1.54, 1.807) is 6.07 Å². The molecule has 4 rings (SSSR count). The van der Waals surface area contributed by atoms with Crippen molar-refractivity contribution in [2.75, 3.05) is 5.32 Å². The van der Waals surface area contributed by atoms with Crippen LogP contribution in [0.3, 0.4) is 0 Å². The first kappa shape index (κ1) is 18.2. The number of nitrogens with one attached hydrogen (secondary N) is 1. The monoisotopic (exact) mass is 378 g/mol. The standard InChI is InChI=1S/C21H22N4O3/c26-25(27)19-20(24-17-9-3-1-2-4-10-17)22-14-23-21(19)28-18-12-11-15-7-5-6-8-16(15)13-18/h5-8,11-14,17H,1-4,9-10H2,(H,22,23,24). The summed E-state index contributed by atoms with van der Waals surface area (Å²) in [6.07, 6.45) is 7.95. The molecule has 0 aliphatic heterocycles. The van der Waals surface area contributed by atoms with Gasteiger partial charge in [0, 0.05) is 6.04 Å². The third-order valence-corrected chi connectivity index (χ3v) is 5.10. The maximum atomic E-state index is 11.8. The zero-order valence-corrected chi connectivity index (χ0v) is 15.5. The van der Waals surface area contributed by atoms with Crippen LogP contribution in [0.25, 0.3) is 10.8 Å². The van der Waals surface area contributed by atoms with Gasteiger partial charge in [0.15, 0.2) is 0 Å². The molecule has 1 aliphatic carbocycles. The van der Waals surface area contributed by atoms with Gasteiger partial charge in [-0.3, -0.25) is 10.1 Å². The van der Waals surface area contributed by atoms with Crippen molar-refractivity contribution in [1.29, 1.82) is 0 Å². The molecule has 0 unspecified atom stereocenters. The van der Waals surface area contributed by atoms with Crippen molar-refractivity contribution in [3.05, 3.63) is 58.9 Å². The van der Waals surface area contributed by atoms with E-state index in [4.69, 9.17) is 4.74 Å². The number of anilines is 1. The summed E-state index contributed by atoms with van der Waals surface area (Å²) in [7, 11) is 0. The molecule has 1 saturated carbocycles. The van der Waals surface area contributed by atoms with Crippen LogP contribution < -0.4 is 10.1 Å². The lowest BCUT2D eigenvalue weighted by molar-refractivity contribution is -0.385. The van der Waals surface area contributed by atoms with Gasteiger partial charge in [-0.25, -0.2) is 4.98 Å². The first-order chi connectivity index (χ1) is 13.7. The molecule has 1 N–H and O–H groups in total. The van der Waals surface area contributed by atoms with E-state index in [1.807, 2.05) is 36.4 Å². The third kappa shape index (κ3) is 4.03. The molecule has 2 aromatic carbocycles. The molecule has 144 valence electrons. The molecular weight excluding hydrogens is 356 g/mol. The Kier molecular flexibility index (Phi) is 5.32. The highest BCUT2D eigenvalue weighted by molar-refractivity contribution is 5.83. The second-order valence-corrected chi connectivity index (χ2v) is 7.08. The molecule has 0 spiro atoms. The fourth-order valence-electron chi connectivity index (χ4n) is 3.67. The number of fused-ring (bicyclic) bond motifs is 1. The number of nitrogens with zero attached hydrogens (tertiary/aromatic N) is 3. The van der Waals surface area contributed by atoms with Crippen molar-refractivity contribution in [1.82, 2.24) is 9.97 Å². The van der Waals surface area contributed by atoms with Gasteiger partial charge in [-0.2, -0.15) is 4.98 Å². The summed E-state index contributed by atoms with van der Waals surface area (Å²) in [5.41, 5.74) is -0.222. The Morgan fingerprint density at radius 1 is 1.00 bits per heavy atom. The van der Waals surface area contributed by atoms with Crippen molar-refractivity contribution in [2.45, 2.75) is 44.6 Å². The molecule has 0 amide bonds. The van der Waals surface area contributed by atoms with Crippen LogP contribution in [0.1, 0.15) is 38.5 Å². The summed E-state index contributed by atoms with van der Waals surface area (Å²) >= 11 is 0. The van der Waals surface area contributed by atoms with Crippen molar-refractivity contribution in [3.8, 4) is 11.6 Å². The number of hydrogen-bond donors (Lipinski definition) is 1. The average molecular weight is 378 g/mol. The lowest BCUT2D eigenvalue weighted by Gasteiger charge is -2.17. The zero-order chi connectivity index (χ0) is 19.3. The van der Waals surface area contributed by atoms with Crippen LogP contribution in [-0.2, 0) is 0 Å². The van der Waals surface area contributed by atoms with E-state index >= 15 is 0 Å². The molecule has 7 heteroatoms. The number of ether oxygens (including phenoxy) is 1. The minimum Gasteiger partial charge on any atom is -0.434 e.